The highest BCUT2D eigenvalue weighted by atomic mass is 19.4. The molecule has 0 unspecified atom stereocenters. The van der Waals surface area contributed by atoms with Crippen LogP contribution in [0.2, 0.25) is 0 Å². The van der Waals surface area contributed by atoms with Crippen LogP contribution in [0.15, 0.2) is 12.1 Å². The molecule has 8 heteroatoms. The average molecular weight is 407 g/mol. The topological polar surface area (TPSA) is 20.3 Å². The highest BCUT2D eigenvalue weighted by Crippen LogP contribution is 2.41. The molecular weight excluding hydrogens is 384 g/mol. The summed E-state index contributed by atoms with van der Waals surface area (Å²) in [4.78, 5) is 15.1. The minimum atomic E-state index is -5.03. The number of alkyl halides is 6. The summed E-state index contributed by atoms with van der Waals surface area (Å²) in [7, 11) is 0. The zero-order valence-electron chi connectivity index (χ0n) is 15.6. The molecule has 0 N–H and O–H groups in total. The minimum absolute atomic E-state index is 0.0478. The Morgan fingerprint density at radius 2 is 1.64 bits per heavy atom. The second-order valence-corrected chi connectivity index (χ2v) is 7.84. The van der Waals surface area contributed by atoms with Gasteiger partial charge in [0.25, 0.3) is 0 Å². The number of Topliss-reactive ketones (excluding diaryl/α,β-unsaturated/α-hetero) is 1. The first kappa shape index (κ1) is 21.1. The maximum absolute atomic E-state index is 13.5. The zero-order valence-corrected chi connectivity index (χ0v) is 15.6. The standard InChI is InChI=1S/C20H23F6NO/c1-12-9-14(19(21,22)23)11-15(20(24,25)26)18(12)17(28)10-13-5-4-6-16(13)27-7-2-3-8-27/h9,11,13,16H,2-8,10H2,1H3/t13-,16-/m1/s1. The number of hydrogen-bond donors (Lipinski definition) is 0. The number of likely N-dealkylation sites (tertiary alicyclic amines) is 1. The van der Waals surface area contributed by atoms with Gasteiger partial charge in [-0.25, -0.2) is 0 Å². The van der Waals surface area contributed by atoms with Crippen molar-refractivity contribution in [3.8, 4) is 0 Å². The molecule has 156 valence electrons. The molecular formula is C20H23F6NO. The predicted molar refractivity (Wildman–Crippen MR) is 92.1 cm³/mol. The molecule has 1 heterocycles. The summed E-state index contributed by atoms with van der Waals surface area (Å²) in [6.07, 6.45) is -5.25. The van der Waals surface area contributed by atoms with Crippen LogP contribution >= 0.6 is 0 Å². The molecule has 2 atom stereocenters. The van der Waals surface area contributed by atoms with Crippen LogP contribution in [-0.4, -0.2) is 29.8 Å². The molecule has 1 aromatic carbocycles. The van der Waals surface area contributed by atoms with Crippen LogP contribution in [0.1, 0.15) is 65.6 Å². The van der Waals surface area contributed by atoms with E-state index in [0.717, 1.165) is 52.1 Å². The molecule has 0 bridgehead atoms. The van der Waals surface area contributed by atoms with E-state index in [1.54, 1.807) is 0 Å². The summed E-state index contributed by atoms with van der Waals surface area (Å²) in [5, 5.41) is 0. The average Bonchev–Trinajstić information content (AvgIpc) is 3.23. The fourth-order valence-electron chi connectivity index (χ4n) is 4.69. The molecule has 2 nitrogen and oxygen atoms in total. The van der Waals surface area contributed by atoms with E-state index in [0.29, 0.717) is 6.07 Å². The van der Waals surface area contributed by atoms with Gasteiger partial charge in [-0.3, -0.25) is 4.79 Å². The lowest BCUT2D eigenvalue weighted by Gasteiger charge is -2.29. The molecule has 1 saturated carbocycles. The number of nitrogens with zero attached hydrogens (tertiary/aromatic N) is 1. The van der Waals surface area contributed by atoms with E-state index in [9.17, 15) is 31.1 Å². The second-order valence-electron chi connectivity index (χ2n) is 7.84. The number of halogens is 6. The third kappa shape index (κ3) is 4.36. The molecule has 1 aliphatic carbocycles. The van der Waals surface area contributed by atoms with Gasteiger partial charge in [0.1, 0.15) is 0 Å². The maximum atomic E-state index is 13.5. The first-order valence-electron chi connectivity index (χ1n) is 9.55. The lowest BCUT2D eigenvalue weighted by atomic mass is 9.88. The minimum Gasteiger partial charge on any atom is -0.300 e. The van der Waals surface area contributed by atoms with Gasteiger partial charge in [-0.1, -0.05) is 6.42 Å². The van der Waals surface area contributed by atoms with Crippen molar-refractivity contribution in [2.75, 3.05) is 13.1 Å². The number of ketones is 1. The van der Waals surface area contributed by atoms with Crippen molar-refractivity contribution in [3.63, 3.8) is 0 Å². The largest absolute Gasteiger partial charge is 0.417 e. The molecule has 3 rings (SSSR count). The van der Waals surface area contributed by atoms with Crippen molar-refractivity contribution in [1.29, 1.82) is 0 Å². The molecule has 0 amide bonds. The molecule has 1 saturated heterocycles. The Morgan fingerprint density at radius 3 is 2.21 bits per heavy atom. The van der Waals surface area contributed by atoms with E-state index in [1.165, 1.54) is 0 Å². The summed E-state index contributed by atoms with van der Waals surface area (Å²) in [6.45, 7) is 3.01. The summed E-state index contributed by atoms with van der Waals surface area (Å²) in [5.74, 6) is -0.761. The zero-order chi connectivity index (χ0) is 20.7. The van der Waals surface area contributed by atoms with E-state index >= 15 is 0 Å². The van der Waals surface area contributed by atoms with E-state index in [1.807, 2.05) is 0 Å². The number of hydrogen-bond acceptors (Lipinski definition) is 2. The Bertz CT molecular complexity index is 733. The Labute approximate surface area is 159 Å². The van der Waals surface area contributed by atoms with Crippen LogP contribution in [-0.2, 0) is 12.4 Å². The number of carbonyl (C=O) groups excluding carboxylic acids is 1. The van der Waals surface area contributed by atoms with Crippen LogP contribution in [0.3, 0.4) is 0 Å². The molecule has 1 aliphatic heterocycles. The summed E-state index contributed by atoms with van der Waals surface area (Å²) >= 11 is 0. The number of benzene rings is 1. The summed E-state index contributed by atoms with van der Waals surface area (Å²) in [5.41, 5.74) is -3.76. The van der Waals surface area contributed by atoms with Crippen LogP contribution in [0, 0.1) is 12.8 Å². The lowest BCUT2D eigenvalue weighted by molar-refractivity contribution is -0.143. The smallest absolute Gasteiger partial charge is 0.300 e. The number of carbonyl (C=O) groups is 1. The van der Waals surface area contributed by atoms with Crippen molar-refractivity contribution in [1.82, 2.24) is 4.90 Å². The fraction of sp³-hybridized carbons (Fsp3) is 0.650. The summed E-state index contributed by atoms with van der Waals surface area (Å²) in [6, 6.07) is 0.873. The van der Waals surface area contributed by atoms with Crippen LogP contribution in [0.25, 0.3) is 0 Å². The SMILES string of the molecule is Cc1cc(C(F)(F)F)cc(C(F)(F)F)c1C(=O)C[C@H]1CCC[C@H]1N1CCCC1. The fourth-order valence-corrected chi connectivity index (χ4v) is 4.69. The monoisotopic (exact) mass is 407 g/mol. The van der Waals surface area contributed by atoms with Crippen molar-refractivity contribution in [2.45, 2.75) is 63.8 Å². The predicted octanol–water partition coefficient (Wildman–Crippen LogP) is 5.87. The van der Waals surface area contributed by atoms with Crippen LogP contribution in [0.5, 0.6) is 0 Å². The van der Waals surface area contributed by atoms with Gasteiger partial charge in [0.05, 0.1) is 11.1 Å². The van der Waals surface area contributed by atoms with Crippen LogP contribution in [0.4, 0.5) is 26.3 Å². The summed E-state index contributed by atoms with van der Waals surface area (Å²) < 4.78 is 79.3. The van der Waals surface area contributed by atoms with Gasteiger partial charge in [-0.2, -0.15) is 26.3 Å². The highest BCUT2D eigenvalue weighted by molar-refractivity contribution is 5.99. The van der Waals surface area contributed by atoms with Crippen molar-refractivity contribution in [2.24, 2.45) is 5.92 Å². The molecule has 2 aliphatic rings. The van der Waals surface area contributed by atoms with Gasteiger partial charge in [-0.05, 0) is 69.3 Å². The Morgan fingerprint density at radius 1 is 1.00 bits per heavy atom. The van der Waals surface area contributed by atoms with E-state index in [-0.39, 0.29) is 30.0 Å². The van der Waals surface area contributed by atoms with Gasteiger partial charge in [0, 0.05) is 18.0 Å². The Hall–Kier alpha value is -1.57. The van der Waals surface area contributed by atoms with Crippen molar-refractivity contribution >= 4 is 5.78 Å². The van der Waals surface area contributed by atoms with E-state index in [2.05, 4.69) is 4.90 Å². The first-order valence-corrected chi connectivity index (χ1v) is 9.55. The third-order valence-corrected chi connectivity index (χ3v) is 5.92. The lowest BCUT2D eigenvalue weighted by Crippen LogP contribution is -2.36. The van der Waals surface area contributed by atoms with Gasteiger partial charge in [0.2, 0.25) is 0 Å². The number of rotatable bonds is 4. The molecule has 0 radical (unpaired) electrons. The molecule has 0 aromatic heterocycles. The second kappa shape index (κ2) is 7.69. The first-order chi connectivity index (χ1) is 13.0. The molecule has 1 aromatic rings. The number of aryl methyl sites for hydroxylation is 1. The van der Waals surface area contributed by atoms with Crippen molar-refractivity contribution < 1.29 is 31.1 Å². The van der Waals surface area contributed by atoms with Gasteiger partial charge >= 0.3 is 12.4 Å². The highest BCUT2D eigenvalue weighted by Gasteiger charge is 2.41. The van der Waals surface area contributed by atoms with Gasteiger partial charge < -0.3 is 4.90 Å². The van der Waals surface area contributed by atoms with Crippen LogP contribution < -0.4 is 0 Å². The normalized spacial score (nSPS) is 24.1. The quantitative estimate of drug-likeness (QED) is 0.460. The van der Waals surface area contributed by atoms with E-state index < -0.39 is 34.8 Å². The Balaban J connectivity index is 1.90. The molecule has 2 fully saturated rings. The Kier molecular flexibility index (Phi) is 5.81. The van der Waals surface area contributed by atoms with Crippen molar-refractivity contribution in [3.05, 3.63) is 34.4 Å². The van der Waals surface area contributed by atoms with Gasteiger partial charge in [-0.15, -0.1) is 0 Å². The van der Waals surface area contributed by atoms with E-state index in [4.69, 9.17) is 0 Å². The maximum Gasteiger partial charge on any atom is 0.417 e. The molecule has 28 heavy (non-hydrogen) atoms. The third-order valence-electron chi connectivity index (χ3n) is 5.92. The van der Waals surface area contributed by atoms with Gasteiger partial charge in [0.15, 0.2) is 5.78 Å². The molecule has 0 spiro atoms.